The van der Waals surface area contributed by atoms with E-state index in [-0.39, 0.29) is 0 Å². The van der Waals surface area contributed by atoms with Gasteiger partial charge in [-0.15, -0.1) is 0 Å². The van der Waals surface area contributed by atoms with E-state index in [1.807, 2.05) is 48.5 Å². The zero-order chi connectivity index (χ0) is 23.0. The van der Waals surface area contributed by atoms with Crippen LogP contribution >= 0.6 is 7.82 Å². The van der Waals surface area contributed by atoms with Gasteiger partial charge in [-0.3, -0.25) is 0 Å². The summed E-state index contributed by atoms with van der Waals surface area (Å²) in [5, 5.41) is 4.14. The summed E-state index contributed by atoms with van der Waals surface area (Å²) in [4.78, 5) is 29.8. The number of aromatic nitrogens is 3. The molecule has 0 saturated carbocycles. The molecule has 3 aromatic heterocycles. The third-order valence-corrected chi connectivity index (χ3v) is 4.10. The lowest BCUT2D eigenvalue weighted by atomic mass is 10.1. The Morgan fingerprint density at radius 1 is 0.938 bits per heavy atom. The Hall–Kier alpha value is -3.56. The average molecular weight is 456 g/mol. The van der Waals surface area contributed by atoms with Gasteiger partial charge in [-0.2, -0.15) is 0 Å². The molecule has 0 saturated heterocycles. The molecule has 0 fully saturated rings. The van der Waals surface area contributed by atoms with Gasteiger partial charge in [0.05, 0.1) is 11.3 Å². The minimum atomic E-state index is -4.64. The number of hydrogen-bond donors (Lipinski definition) is 4. The van der Waals surface area contributed by atoms with Gasteiger partial charge in [0.15, 0.2) is 5.76 Å². The number of phosphoric acid groups is 1. The normalized spacial score (nSPS) is 10.8. The van der Waals surface area contributed by atoms with Gasteiger partial charge in [0, 0.05) is 30.9 Å². The first-order valence-electron chi connectivity index (χ1n) is 9.34. The lowest BCUT2D eigenvalue weighted by molar-refractivity contribution is 0.275. The maximum atomic E-state index is 8.88. The molecule has 0 aliphatic rings. The highest BCUT2D eigenvalue weighted by Crippen LogP contribution is 2.26. The smallest absolute Gasteiger partial charge is 0.466 e. The molecule has 0 aliphatic heterocycles. The first-order chi connectivity index (χ1) is 15.3. The van der Waals surface area contributed by atoms with Crippen LogP contribution in [0.3, 0.4) is 0 Å². The molecular formula is C21H21N4O6P. The summed E-state index contributed by atoms with van der Waals surface area (Å²) in [5.41, 5.74) is 9.69. The Balaban J connectivity index is 0.000000523. The fourth-order valence-corrected chi connectivity index (χ4v) is 2.70. The quantitative estimate of drug-likeness (QED) is 0.317. The van der Waals surface area contributed by atoms with E-state index in [9.17, 15) is 0 Å². The summed E-state index contributed by atoms with van der Waals surface area (Å²) in [7, 11) is -4.64. The van der Waals surface area contributed by atoms with E-state index in [0.29, 0.717) is 30.5 Å². The Morgan fingerprint density at radius 2 is 1.62 bits per heavy atom. The highest BCUT2D eigenvalue weighted by molar-refractivity contribution is 7.45. The monoisotopic (exact) mass is 456 g/mol. The van der Waals surface area contributed by atoms with Crippen molar-refractivity contribution in [3.05, 3.63) is 89.9 Å². The maximum absolute atomic E-state index is 8.88. The molecule has 0 atom stereocenters. The highest BCUT2D eigenvalue weighted by Gasteiger charge is 2.10. The second-order valence-corrected chi connectivity index (χ2v) is 7.61. The number of benzene rings is 1. The SMILES string of the molecule is Nc1ncccc1-c1cc(Cc2ccc(COc3ccccn3)cc2)no1.O=P(O)(O)O. The molecule has 4 rings (SSSR count). The first-order valence-corrected chi connectivity index (χ1v) is 10.9. The maximum Gasteiger partial charge on any atom is 0.466 e. The largest absolute Gasteiger partial charge is 0.473 e. The van der Waals surface area contributed by atoms with E-state index >= 15 is 0 Å². The van der Waals surface area contributed by atoms with Crippen LogP contribution in [0.4, 0.5) is 5.82 Å². The third-order valence-electron chi connectivity index (χ3n) is 4.10. The van der Waals surface area contributed by atoms with Crippen LogP contribution in [0, 0.1) is 0 Å². The Kier molecular flexibility index (Phi) is 7.69. The van der Waals surface area contributed by atoms with Crippen LogP contribution in [0.1, 0.15) is 16.8 Å². The Bertz CT molecular complexity index is 1170. The number of anilines is 1. The Morgan fingerprint density at radius 3 is 2.28 bits per heavy atom. The molecule has 0 radical (unpaired) electrons. The predicted octanol–water partition coefficient (Wildman–Crippen LogP) is 2.96. The molecule has 10 nitrogen and oxygen atoms in total. The number of rotatable bonds is 6. The predicted molar refractivity (Wildman–Crippen MR) is 116 cm³/mol. The summed E-state index contributed by atoms with van der Waals surface area (Å²) in [6.07, 6.45) is 4.03. The van der Waals surface area contributed by atoms with E-state index in [1.165, 1.54) is 0 Å². The van der Waals surface area contributed by atoms with Crippen molar-refractivity contribution in [3.8, 4) is 17.2 Å². The van der Waals surface area contributed by atoms with E-state index in [0.717, 1.165) is 22.4 Å². The highest BCUT2D eigenvalue weighted by atomic mass is 31.2. The molecule has 11 heteroatoms. The molecule has 1 aromatic carbocycles. The second-order valence-electron chi connectivity index (χ2n) is 6.58. The van der Waals surface area contributed by atoms with Crippen LogP contribution in [-0.4, -0.2) is 29.8 Å². The van der Waals surface area contributed by atoms with Crippen molar-refractivity contribution in [1.82, 2.24) is 15.1 Å². The topological polar surface area (TPSA) is 165 Å². The molecule has 5 N–H and O–H groups in total. The van der Waals surface area contributed by atoms with Crippen molar-refractivity contribution >= 4 is 13.6 Å². The summed E-state index contributed by atoms with van der Waals surface area (Å²) in [6, 6.07) is 19.4. The minimum absolute atomic E-state index is 0.428. The number of nitrogen functional groups attached to an aromatic ring is 1. The zero-order valence-corrected chi connectivity index (χ0v) is 17.7. The van der Waals surface area contributed by atoms with Gasteiger partial charge in [0.1, 0.15) is 12.4 Å². The van der Waals surface area contributed by atoms with Crippen LogP contribution in [0.15, 0.2) is 77.6 Å². The lowest BCUT2D eigenvalue weighted by Gasteiger charge is -2.05. The number of nitrogens with two attached hydrogens (primary N) is 1. The molecule has 0 spiro atoms. The van der Waals surface area contributed by atoms with Crippen molar-refractivity contribution in [1.29, 1.82) is 0 Å². The van der Waals surface area contributed by atoms with Gasteiger partial charge in [-0.1, -0.05) is 35.5 Å². The first kappa shape index (κ1) is 23.1. The summed E-state index contributed by atoms with van der Waals surface area (Å²) in [6.45, 7) is 0.478. The van der Waals surface area contributed by atoms with E-state index in [4.69, 9.17) is 34.2 Å². The third kappa shape index (κ3) is 7.60. The van der Waals surface area contributed by atoms with Crippen molar-refractivity contribution < 1.29 is 28.5 Å². The summed E-state index contributed by atoms with van der Waals surface area (Å²) in [5.74, 6) is 1.67. The molecule has 3 heterocycles. The van der Waals surface area contributed by atoms with Crippen molar-refractivity contribution in [3.63, 3.8) is 0 Å². The van der Waals surface area contributed by atoms with Gasteiger partial charge in [0.2, 0.25) is 5.88 Å². The number of hydrogen-bond acceptors (Lipinski definition) is 7. The minimum Gasteiger partial charge on any atom is -0.473 e. The van der Waals surface area contributed by atoms with E-state index < -0.39 is 7.82 Å². The lowest BCUT2D eigenvalue weighted by Crippen LogP contribution is -1.97. The molecule has 0 aliphatic carbocycles. The zero-order valence-electron chi connectivity index (χ0n) is 16.8. The average Bonchev–Trinajstić information content (AvgIpc) is 3.21. The van der Waals surface area contributed by atoms with E-state index in [2.05, 4.69) is 27.3 Å². The van der Waals surface area contributed by atoms with Crippen LogP contribution in [0.5, 0.6) is 5.88 Å². The molecule has 0 amide bonds. The van der Waals surface area contributed by atoms with Crippen molar-refractivity contribution in [2.45, 2.75) is 13.0 Å². The number of pyridine rings is 2. The molecule has 32 heavy (non-hydrogen) atoms. The molecule has 4 aromatic rings. The van der Waals surface area contributed by atoms with Gasteiger partial charge in [-0.25, -0.2) is 14.5 Å². The molecule has 166 valence electrons. The standard InChI is InChI=1S/C21H18N4O2.H3O4P/c22-21-18(4-3-11-24-21)19-13-17(25-27-19)12-15-6-8-16(9-7-15)14-26-20-5-1-2-10-23-20;1-5(2,3)4/h1-11,13H,12,14H2,(H2,22,24);(H3,1,2,3,4). The van der Waals surface area contributed by atoms with Crippen LogP contribution < -0.4 is 10.5 Å². The van der Waals surface area contributed by atoms with Gasteiger partial charge < -0.3 is 29.7 Å². The molecule has 0 unspecified atom stereocenters. The fourth-order valence-electron chi connectivity index (χ4n) is 2.70. The molecule has 0 bridgehead atoms. The van der Waals surface area contributed by atoms with Crippen LogP contribution in [0.25, 0.3) is 11.3 Å². The van der Waals surface area contributed by atoms with Crippen LogP contribution in [0.2, 0.25) is 0 Å². The number of nitrogens with zero attached hydrogens (tertiary/aromatic N) is 3. The Labute approximate surface area is 183 Å². The number of ether oxygens (including phenoxy) is 1. The van der Waals surface area contributed by atoms with Crippen LogP contribution in [-0.2, 0) is 17.6 Å². The van der Waals surface area contributed by atoms with Gasteiger partial charge in [0.25, 0.3) is 0 Å². The summed E-state index contributed by atoms with van der Waals surface area (Å²) >= 11 is 0. The van der Waals surface area contributed by atoms with Crippen molar-refractivity contribution in [2.24, 2.45) is 0 Å². The fraction of sp³-hybridized carbons (Fsp3) is 0.0952. The molecular weight excluding hydrogens is 435 g/mol. The summed E-state index contributed by atoms with van der Waals surface area (Å²) < 4.78 is 20.0. The van der Waals surface area contributed by atoms with Gasteiger partial charge >= 0.3 is 7.82 Å². The van der Waals surface area contributed by atoms with Crippen molar-refractivity contribution in [2.75, 3.05) is 5.73 Å². The second kappa shape index (κ2) is 10.7. The van der Waals surface area contributed by atoms with Gasteiger partial charge in [-0.05, 0) is 29.3 Å². The van der Waals surface area contributed by atoms with E-state index in [1.54, 1.807) is 12.4 Å².